The van der Waals surface area contributed by atoms with Crippen LogP contribution < -0.4 is 0 Å². The largest absolute Gasteiger partial charge is 0.304 e. The molecule has 0 aromatic rings. The zero-order chi connectivity index (χ0) is 16.3. The first-order chi connectivity index (χ1) is 11.1. The summed E-state index contributed by atoms with van der Waals surface area (Å²) in [7, 11) is -1.20. The molecule has 7 heteroatoms. The van der Waals surface area contributed by atoms with Crippen molar-refractivity contribution in [3.8, 4) is 0 Å². The lowest BCUT2D eigenvalue weighted by atomic mass is 9.89. The number of hydrogen-bond acceptors (Lipinski definition) is 4. The fourth-order valence-corrected chi connectivity index (χ4v) is 5.64. The third-order valence-corrected chi connectivity index (χ3v) is 7.72. The summed E-state index contributed by atoms with van der Waals surface area (Å²) >= 11 is 0. The predicted octanol–water partition coefficient (Wildman–Crippen LogP) is 0.677. The van der Waals surface area contributed by atoms with Gasteiger partial charge in [-0.05, 0) is 25.8 Å². The van der Waals surface area contributed by atoms with Crippen LogP contribution in [0.3, 0.4) is 0 Å². The number of likely N-dealkylation sites (N-methyl/N-ethyl adjacent to an activating group) is 1. The molecule has 3 fully saturated rings. The fourth-order valence-electron chi connectivity index (χ4n) is 4.06. The molecule has 0 aromatic heterocycles. The van der Waals surface area contributed by atoms with Crippen molar-refractivity contribution in [2.75, 3.05) is 66.0 Å². The first-order valence-electron chi connectivity index (χ1n) is 9.22. The predicted molar refractivity (Wildman–Crippen MR) is 92.6 cm³/mol. The molecule has 0 N–H and O–H groups in total. The molecular weight excluding hydrogens is 312 g/mol. The van der Waals surface area contributed by atoms with Gasteiger partial charge < -0.3 is 9.80 Å². The molecule has 2 aliphatic heterocycles. The van der Waals surface area contributed by atoms with Gasteiger partial charge >= 0.3 is 0 Å². The van der Waals surface area contributed by atoms with Gasteiger partial charge in [0, 0.05) is 58.9 Å². The van der Waals surface area contributed by atoms with Gasteiger partial charge in [0.05, 0.1) is 0 Å². The standard InChI is InChI=1S/C16H32N4O2S/c1-17-7-11-19(12-8-17)23(21,22)20-13-9-18(10-14-20)15-16-5-3-2-4-6-16/h16H,2-15H2,1H3. The molecule has 3 rings (SSSR count). The van der Waals surface area contributed by atoms with Crippen LogP contribution in [0.2, 0.25) is 0 Å². The number of hydrogen-bond donors (Lipinski definition) is 0. The lowest BCUT2D eigenvalue weighted by Gasteiger charge is -2.40. The number of rotatable bonds is 4. The molecule has 1 aliphatic carbocycles. The van der Waals surface area contributed by atoms with Crippen molar-refractivity contribution >= 4 is 10.2 Å². The molecule has 2 saturated heterocycles. The van der Waals surface area contributed by atoms with Gasteiger partial charge in [-0.1, -0.05) is 19.3 Å². The van der Waals surface area contributed by atoms with E-state index in [0.29, 0.717) is 26.2 Å². The van der Waals surface area contributed by atoms with Crippen molar-refractivity contribution in [1.82, 2.24) is 18.4 Å². The maximum absolute atomic E-state index is 12.8. The van der Waals surface area contributed by atoms with Crippen molar-refractivity contribution in [2.24, 2.45) is 5.92 Å². The Bertz CT molecular complexity index is 462. The summed E-state index contributed by atoms with van der Waals surface area (Å²) in [6.07, 6.45) is 6.87. The third kappa shape index (κ3) is 4.45. The Balaban J connectivity index is 1.47. The van der Waals surface area contributed by atoms with E-state index in [-0.39, 0.29) is 0 Å². The van der Waals surface area contributed by atoms with Crippen LogP contribution in [0.1, 0.15) is 32.1 Å². The Morgan fingerprint density at radius 3 is 1.87 bits per heavy atom. The Morgan fingerprint density at radius 2 is 1.30 bits per heavy atom. The molecule has 0 radical (unpaired) electrons. The summed E-state index contributed by atoms with van der Waals surface area (Å²) in [6.45, 7) is 7.18. The van der Waals surface area contributed by atoms with Gasteiger partial charge in [-0.2, -0.15) is 17.0 Å². The van der Waals surface area contributed by atoms with Gasteiger partial charge in [-0.3, -0.25) is 0 Å². The van der Waals surface area contributed by atoms with E-state index in [1.807, 2.05) is 7.05 Å². The molecule has 6 nitrogen and oxygen atoms in total. The summed E-state index contributed by atoms with van der Waals surface area (Å²) in [6, 6.07) is 0. The lowest BCUT2D eigenvalue weighted by Crippen LogP contribution is -2.56. The summed E-state index contributed by atoms with van der Waals surface area (Å²) < 4.78 is 28.9. The summed E-state index contributed by atoms with van der Waals surface area (Å²) in [5.41, 5.74) is 0. The normalized spacial score (nSPS) is 28.2. The van der Waals surface area contributed by atoms with E-state index < -0.39 is 10.2 Å². The monoisotopic (exact) mass is 344 g/mol. The molecule has 3 aliphatic rings. The summed E-state index contributed by atoms with van der Waals surface area (Å²) in [5, 5.41) is 0. The maximum Gasteiger partial charge on any atom is 0.282 e. The molecule has 0 spiro atoms. The van der Waals surface area contributed by atoms with Crippen molar-refractivity contribution < 1.29 is 8.42 Å². The lowest BCUT2D eigenvalue weighted by molar-refractivity contribution is 0.141. The molecule has 0 atom stereocenters. The zero-order valence-electron chi connectivity index (χ0n) is 14.5. The van der Waals surface area contributed by atoms with Crippen LogP contribution in [0, 0.1) is 5.92 Å². The van der Waals surface area contributed by atoms with Gasteiger partial charge in [0.25, 0.3) is 10.2 Å². The zero-order valence-corrected chi connectivity index (χ0v) is 15.3. The topological polar surface area (TPSA) is 47.1 Å². The van der Waals surface area contributed by atoms with E-state index in [0.717, 1.165) is 32.1 Å². The molecule has 134 valence electrons. The minimum Gasteiger partial charge on any atom is -0.304 e. The molecule has 1 saturated carbocycles. The second-order valence-electron chi connectivity index (χ2n) is 7.41. The first kappa shape index (κ1) is 17.6. The van der Waals surface area contributed by atoms with Gasteiger partial charge in [0.1, 0.15) is 0 Å². The van der Waals surface area contributed by atoms with E-state index in [4.69, 9.17) is 0 Å². The van der Waals surface area contributed by atoms with Crippen LogP contribution in [-0.4, -0.2) is 92.8 Å². The Labute approximate surface area is 141 Å². The van der Waals surface area contributed by atoms with Gasteiger partial charge in [0.15, 0.2) is 0 Å². The minimum atomic E-state index is -3.25. The summed E-state index contributed by atoms with van der Waals surface area (Å²) in [4.78, 5) is 4.67. The quantitative estimate of drug-likeness (QED) is 0.752. The van der Waals surface area contributed by atoms with Gasteiger partial charge in [-0.15, -0.1) is 0 Å². The van der Waals surface area contributed by atoms with E-state index in [2.05, 4.69) is 9.80 Å². The van der Waals surface area contributed by atoms with Crippen LogP contribution in [0.25, 0.3) is 0 Å². The van der Waals surface area contributed by atoms with Crippen LogP contribution in [0.5, 0.6) is 0 Å². The van der Waals surface area contributed by atoms with E-state index in [1.54, 1.807) is 8.61 Å². The SMILES string of the molecule is CN1CCN(S(=O)(=O)N2CCN(CC3CCCCC3)CC2)CC1. The van der Waals surface area contributed by atoms with Crippen molar-refractivity contribution in [1.29, 1.82) is 0 Å². The highest BCUT2D eigenvalue weighted by Crippen LogP contribution is 2.25. The average Bonchev–Trinajstić information content (AvgIpc) is 2.57. The van der Waals surface area contributed by atoms with Crippen molar-refractivity contribution in [3.63, 3.8) is 0 Å². The number of nitrogens with zero attached hydrogens (tertiary/aromatic N) is 4. The molecule has 2 heterocycles. The van der Waals surface area contributed by atoms with Gasteiger partial charge in [-0.25, -0.2) is 0 Å². The van der Waals surface area contributed by atoms with E-state index in [9.17, 15) is 8.42 Å². The highest BCUT2D eigenvalue weighted by atomic mass is 32.2. The molecule has 0 aromatic carbocycles. The Morgan fingerprint density at radius 1 is 0.783 bits per heavy atom. The smallest absolute Gasteiger partial charge is 0.282 e. The second kappa shape index (κ2) is 7.78. The maximum atomic E-state index is 12.8. The minimum absolute atomic E-state index is 0.626. The van der Waals surface area contributed by atoms with Crippen LogP contribution in [-0.2, 0) is 10.2 Å². The Kier molecular flexibility index (Phi) is 5.96. The van der Waals surface area contributed by atoms with Crippen LogP contribution in [0.4, 0.5) is 0 Å². The molecule has 0 unspecified atom stereocenters. The fraction of sp³-hybridized carbons (Fsp3) is 1.00. The van der Waals surface area contributed by atoms with Crippen molar-refractivity contribution in [3.05, 3.63) is 0 Å². The highest BCUT2D eigenvalue weighted by molar-refractivity contribution is 7.86. The molecule has 0 amide bonds. The highest BCUT2D eigenvalue weighted by Gasteiger charge is 2.34. The first-order valence-corrected chi connectivity index (χ1v) is 10.6. The third-order valence-electron chi connectivity index (χ3n) is 5.69. The summed E-state index contributed by atoms with van der Waals surface area (Å²) in [5.74, 6) is 0.838. The molecule has 0 bridgehead atoms. The molecule has 23 heavy (non-hydrogen) atoms. The number of piperazine rings is 2. The second-order valence-corrected chi connectivity index (χ2v) is 9.34. The van der Waals surface area contributed by atoms with Crippen LogP contribution in [0.15, 0.2) is 0 Å². The van der Waals surface area contributed by atoms with E-state index >= 15 is 0 Å². The van der Waals surface area contributed by atoms with Crippen LogP contribution >= 0.6 is 0 Å². The average molecular weight is 345 g/mol. The van der Waals surface area contributed by atoms with Crippen molar-refractivity contribution in [2.45, 2.75) is 32.1 Å². The Hall–Kier alpha value is -0.210. The molecular formula is C16H32N4O2S. The van der Waals surface area contributed by atoms with E-state index in [1.165, 1.54) is 38.6 Å². The van der Waals surface area contributed by atoms with Gasteiger partial charge in [0.2, 0.25) is 0 Å².